The van der Waals surface area contributed by atoms with Gasteiger partial charge in [-0.3, -0.25) is 9.59 Å². The van der Waals surface area contributed by atoms with Crippen molar-refractivity contribution < 1.29 is 38.5 Å². The highest BCUT2D eigenvalue weighted by Crippen LogP contribution is 2.62. The molecule has 0 aromatic heterocycles. The minimum atomic E-state index is -2.06. The summed E-state index contributed by atoms with van der Waals surface area (Å²) >= 11 is 0. The van der Waals surface area contributed by atoms with E-state index < -0.39 is 59.4 Å². The lowest BCUT2D eigenvalue weighted by atomic mass is 9.76. The molecule has 2 saturated carbocycles. The van der Waals surface area contributed by atoms with Crippen LogP contribution in [0.4, 0.5) is 0 Å². The minimum absolute atomic E-state index is 0.0185. The molecule has 44 heavy (non-hydrogen) atoms. The number of carbonyl (C=O) groups excluding carboxylic acids is 4. The second kappa shape index (κ2) is 11.8. The van der Waals surface area contributed by atoms with Crippen LogP contribution >= 0.6 is 0 Å². The van der Waals surface area contributed by atoms with Gasteiger partial charge < -0.3 is 19.3 Å². The maximum absolute atomic E-state index is 14.2. The van der Waals surface area contributed by atoms with Gasteiger partial charge in [0.2, 0.25) is 0 Å². The predicted octanol–water partition coefficient (Wildman–Crippen LogP) is 5.50. The molecule has 2 aromatic carbocycles. The topological polar surface area (TPSA) is 116 Å². The third-order valence-electron chi connectivity index (χ3n) is 9.80. The Labute approximate surface area is 258 Å². The van der Waals surface area contributed by atoms with Gasteiger partial charge in [0, 0.05) is 12.5 Å². The summed E-state index contributed by atoms with van der Waals surface area (Å²) in [4.78, 5) is 53.4. The highest BCUT2D eigenvalue weighted by atomic mass is 16.6. The first-order valence-electron chi connectivity index (χ1n) is 15.1. The molecule has 0 aliphatic heterocycles. The predicted molar refractivity (Wildman–Crippen MR) is 162 cm³/mol. The number of hydrogen-bond acceptors (Lipinski definition) is 8. The second-order valence-electron chi connectivity index (χ2n) is 13.1. The fourth-order valence-electron chi connectivity index (χ4n) is 7.26. The minimum Gasteiger partial charge on any atom is -0.458 e. The summed E-state index contributed by atoms with van der Waals surface area (Å²) in [5.41, 5.74) is -1.03. The summed E-state index contributed by atoms with van der Waals surface area (Å²) in [6.45, 7) is 13.1. The lowest BCUT2D eigenvalue weighted by Crippen LogP contribution is -2.53. The number of Topliss-reactive ketones (excluding diaryl/α,β-unsaturated/α-hetero) is 1. The van der Waals surface area contributed by atoms with Crippen LogP contribution < -0.4 is 0 Å². The number of ether oxygens (including phenoxy) is 3. The van der Waals surface area contributed by atoms with Crippen LogP contribution in [0.25, 0.3) is 0 Å². The first-order valence-corrected chi connectivity index (χ1v) is 15.1. The van der Waals surface area contributed by atoms with Gasteiger partial charge in [0.25, 0.3) is 0 Å². The molecule has 3 aliphatic rings. The quantitative estimate of drug-likeness (QED) is 0.272. The smallest absolute Gasteiger partial charge is 0.338 e. The molecular formula is C36H40O8. The molecule has 0 radical (unpaired) electrons. The van der Waals surface area contributed by atoms with Crippen LogP contribution in [0.3, 0.4) is 0 Å². The monoisotopic (exact) mass is 600 g/mol. The van der Waals surface area contributed by atoms with Gasteiger partial charge in [-0.15, -0.1) is 0 Å². The van der Waals surface area contributed by atoms with Crippen molar-refractivity contribution in [3.63, 3.8) is 0 Å². The van der Waals surface area contributed by atoms with Gasteiger partial charge in [0.05, 0.1) is 17.0 Å². The van der Waals surface area contributed by atoms with Gasteiger partial charge in [-0.2, -0.15) is 0 Å². The zero-order chi connectivity index (χ0) is 32.0. The summed E-state index contributed by atoms with van der Waals surface area (Å²) < 4.78 is 18.0. The van der Waals surface area contributed by atoms with E-state index in [1.54, 1.807) is 74.5 Å². The Hall–Kier alpha value is -4.04. The molecule has 0 amide bonds. The first-order chi connectivity index (χ1) is 20.8. The molecule has 2 aromatic rings. The molecular weight excluding hydrogens is 560 g/mol. The molecule has 0 saturated heterocycles. The largest absolute Gasteiger partial charge is 0.458 e. The number of ketones is 1. The standard InChI is InChI=1S/C36H40O8/c1-20-17-26-27(35(26,5)6)18-28(43-33(39)24-13-9-7-10-14-24)22(3)31(42-23(4)37)29-30(21(2)19-36(29,41)32(20)38)44-34(40)25-15-11-8-12-16-25/h7-17,21,26-31,41H,3,18-19H2,1-2,4-6H3/b20-17+/t21-,26+,27-,28+,29+,30-,31?,36+/m0/s1. The molecule has 0 spiro atoms. The average Bonchev–Trinajstić information content (AvgIpc) is 3.38. The van der Waals surface area contributed by atoms with Crippen molar-refractivity contribution >= 4 is 23.7 Å². The van der Waals surface area contributed by atoms with E-state index in [0.29, 0.717) is 23.1 Å². The maximum Gasteiger partial charge on any atom is 0.338 e. The SMILES string of the molecule is C=C1C(OC(C)=O)[C@H]2[C@@H](OC(=O)c3ccccc3)[C@@H](C)C[C@]2(O)C(=O)/C(C)=C/[C@@H]2[C@H](C[C@H]1OC(=O)c1ccccc1)C2(C)C. The Bertz CT molecular complexity index is 1490. The van der Waals surface area contributed by atoms with E-state index in [1.807, 2.05) is 6.08 Å². The Morgan fingerprint density at radius 1 is 0.909 bits per heavy atom. The Morgan fingerprint density at radius 3 is 2.00 bits per heavy atom. The zero-order valence-electron chi connectivity index (χ0n) is 25.8. The highest BCUT2D eigenvalue weighted by Gasteiger charge is 2.64. The van der Waals surface area contributed by atoms with Gasteiger partial charge in [-0.05, 0) is 72.8 Å². The van der Waals surface area contributed by atoms with Gasteiger partial charge >= 0.3 is 17.9 Å². The van der Waals surface area contributed by atoms with E-state index in [0.717, 1.165) is 0 Å². The molecule has 232 valence electrons. The lowest BCUT2D eigenvalue weighted by molar-refractivity contribution is -0.162. The Morgan fingerprint density at radius 2 is 1.45 bits per heavy atom. The van der Waals surface area contributed by atoms with E-state index in [1.165, 1.54) is 6.92 Å². The van der Waals surface area contributed by atoms with Crippen LogP contribution in [0, 0.1) is 29.1 Å². The van der Waals surface area contributed by atoms with Crippen molar-refractivity contribution in [3.05, 3.63) is 95.6 Å². The third kappa shape index (κ3) is 5.75. The molecule has 8 heteroatoms. The molecule has 3 aliphatic carbocycles. The van der Waals surface area contributed by atoms with Crippen LogP contribution in [0.5, 0.6) is 0 Å². The van der Waals surface area contributed by atoms with Crippen molar-refractivity contribution in [3.8, 4) is 0 Å². The summed E-state index contributed by atoms with van der Waals surface area (Å²) in [5, 5.41) is 12.3. The first kappa shape index (κ1) is 31.4. The van der Waals surface area contributed by atoms with E-state index in [4.69, 9.17) is 14.2 Å². The average molecular weight is 601 g/mol. The van der Waals surface area contributed by atoms with Gasteiger partial charge in [-0.25, -0.2) is 9.59 Å². The van der Waals surface area contributed by atoms with E-state index in [2.05, 4.69) is 20.4 Å². The van der Waals surface area contributed by atoms with Crippen molar-refractivity contribution in [2.75, 3.05) is 0 Å². The molecule has 5 rings (SSSR count). The molecule has 1 N–H and O–H groups in total. The van der Waals surface area contributed by atoms with Crippen LogP contribution in [0.2, 0.25) is 0 Å². The number of rotatable bonds is 5. The second-order valence-corrected chi connectivity index (χ2v) is 13.1. The molecule has 1 unspecified atom stereocenters. The molecule has 8 nitrogen and oxygen atoms in total. The van der Waals surface area contributed by atoms with Crippen LogP contribution in [-0.2, 0) is 23.8 Å². The van der Waals surface area contributed by atoms with Gasteiger partial charge in [-0.1, -0.05) is 69.8 Å². The Kier molecular flexibility index (Phi) is 8.42. The number of fused-ring (bicyclic) bond motifs is 2. The fraction of sp³-hybridized carbons (Fsp3) is 0.444. The lowest BCUT2D eigenvalue weighted by Gasteiger charge is -2.39. The van der Waals surface area contributed by atoms with Crippen molar-refractivity contribution in [1.29, 1.82) is 0 Å². The summed E-state index contributed by atoms with van der Waals surface area (Å²) in [5.74, 6) is -4.11. The van der Waals surface area contributed by atoms with Crippen molar-refractivity contribution in [2.45, 2.75) is 71.4 Å². The third-order valence-corrected chi connectivity index (χ3v) is 9.80. The number of esters is 3. The van der Waals surface area contributed by atoms with Crippen LogP contribution in [-0.4, -0.2) is 52.7 Å². The molecule has 0 heterocycles. The Balaban J connectivity index is 1.61. The number of hydrogen-bond donors (Lipinski definition) is 1. The van der Waals surface area contributed by atoms with E-state index in [9.17, 15) is 24.3 Å². The van der Waals surface area contributed by atoms with Crippen molar-refractivity contribution in [2.24, 2.45) is 29.1 Å². The molecule has 8 atom stereocenters. The number of benzene rings is 2. The highest BCUT2D eigenvalue weighted by molar-refractivity contribution is 6.02. The van der Waals surface area contributed by atoms with Gasteiger partial charge in [0.15, 0.2) is 5.78 Å². The number of allylic oxidation sites excluding steroid dienone is 1. The van der Waals surface area contributed by atoms with Crippen molar-refractivity contribution in [1.82, 2.24) is 0 Å². The zero-order valence-corrected chi connectivity index (χ0v) is 25.8. The maximum atomic E-state index is 14.2. The fourth-order valence-corrected chi connectivity index (χ4v) is 7.26. The molecule has 0 bridgehead atoms. The normalized spacial score (nSPS) is 33.9. The summed E-state index contributed by atoms with van der Waals surface area (Å²) in [6.07, 6.45) is -1.04. The molecule has 2 fully saturated rings. The number of aliphatic hydroxyl groups is 1. The van der Waals surface area contributed by atoms with E-state index in [-0.39, 0.29) is 29.2 Å². The summed E-state index contributed by atoms with van der Waals surface area (Å²) in [7, 11) is 0. The number of carbonyl (C=O) groups is 4. The summed E-state index contributed by atoms with van der Waals surface area (Å²) in [6, 6.07) is 16.9. The van der Waals surface area contributed by atoms with Crippen LogP contribution in [0.1, 0.15) is 68.2 Å². The van der Waals surface area contributed by atoms with E-state index >= 15 is 0 Å². The van der Waals surface area contributed by atoms with Crippen LogP contribution in [0.15, 0.2) is 84.5 Å². The van der Waals surface area contributed by atoms with Gasteiger partial charge in [0.1, 0.15) is 23.9 Å².